The molecule has 26 heavy (non-hydrogen) atoms. The maximum absolute atomic E-state index is 11.8. The number of ether oxygens (including phenoxy) is 2. The first kappa shape index (κ1) is 18.2. The summed E-state index contributed by atoms with van der Waals surface area (Å²) in [6, 6.07) is 15.3. The molecule has 0 atom stereocenters. The van der Waals surface area contributed by atoms with Crippen LogP contribution in [0.3, 0.4) is 0 Å². The van der Waals surface area contributed by atoms with Gasteiger partial charge in [-0.1, -0.05) is 51.4 Å². The fraction of sp³-hybridized carbons (Fsp3) is 0.200. The lowest BCUT2D eigenvalue weighted by atomic mass is 10.1. The molecule has 0 N–H and O–H groups in total. The molecule has 1 aromatic heterocycles. The lowest BCUT2D eigenvalue weighted by Gasteiger charge is -2.12. The van der Waals surface area contributed by atoms with Crippen molar-refractivity contribution in [3.05, 3.63) is 69.8 Å². The van der Waals surface area contributed by atoms with E-state index in [1.807, 2.05) is 49.4 Å². The van der Waals surface area contributed by atoms with Crippen molar-refractivity contribution >= 4 is 21.9 Å². The number of esters is 1. The van der Waals surface area contributed by atoms with Crippen LogP contribution >= 0.6 is 15.9 Å². The second-order valence-electron chi connectivity index (χ2n) is 5.67. The Morgan fingerprint density at radius 2 is 1.96 bits per heavy atom. The molecule has 6 heteroatoms. The molecule has 0 bridgehead atoms. The predicted molar refractivity (Wildman–Crippen MR) is 101 cm³/mol. The van der Waals surface area contributed by atoms with Gasteiger partial charge in [0.1, 0.15) is 12.4 Å². The second-order valence-corrected chi connectivity index (χ2v) is 6.52. The molecule has 1 heterocycles. The van der Waals surface area contributed by atoms with Crippen LogP contribution in [0.25, 0.3) is 11.3 Å². The summed E-state index contributed by atoms with van der Waals surface area (Å²) in [6.07, 6.45) is 0. The van der Waals surface area contributed by atoms with E-state index in [0.29, 0.717) is 23.7 Å². The third-order valence-corrected chi connectivity index (χ3v) is 4.61. The highest BCUT2D eigenvalue weighted by molar-refractivity contribution is 9.10. The number of hydrogen-bond acceptors (Lipinski definition) is 5. The molecule has 2 aromatic carbocycles. The topological polar surface area (TPSA) is 61.6 Å². The van der Waals surface area contributed by atoms with E-state index in [0.717, 1.165) is 15.6 Å². The Morgan fingerprint density at radius 1 is 1.19 bits per heavy atom. The second kappa shape index (κ2) is 8.19. The number of nitrogens with zero attached hydrogens (tertiary/aromatic N) is 1. The summed E-state index contributed by atoms with van der Waals surface area (Å²) in [5, 5.41) is 3.80. The highest BCUT2D eigenvalue weighted by atomic mass is 79.9. The predicted octanol–water partition coefficient (Wildman–Crippen LogP) is 5.17. The third-order valence-electron chi connectivity index (χ3n) is 3.76. The average Bonchev–Trinajstić information content (AvgIpc) is 3.13. The summed E-state index contributed by atoms with van der Waals surface area (Å²) in [7, 11) is 0. The van der Waals surface area contributed by atoms with Crippen LogP contribution in [0.15, 0.2) is 57.5 Å². The van der Waals surface area contributed by atoms with Crippen molar-refractivity contribution in [3.8, 4) is 17.1 Å². The molecule has 0 amide bonds. The SMILES string of the molecule is CCOC(=O)c1cc(-c2cc(Br)c(C)cc2OCc2ccccc2)on1. The van der Waals surface area contributed by atoms with Crippen molar-refractivity contribution in [1.29, 1.82) is 0 Å². The minimum absolute atomic E-state index is 0.132. The summed E-state index contributed by atoms with van der Waals surface area (Å²) in [4.78, 5) is 11.8. The number of hydrogen-bond donors (Lipinski definition) is 0. The molecule has 134 valence electrons. The average molecular weight is 416 g/mol. The number of rotatable bonds is 6. The van der Waals surface area contributed by atoms with E-state index in [1.165, 1.54) is 0 Å². The van der Waals surface area contributed by atoms with Crippen molar-refractivity contribution in [2.75, 3.05) is 6.61 Å². The highest BCUT2D eigenvalue weighted by Crippen LogP contribution is 2.36. The fourth-order valence-corrected chi connectivity index (χ4v) is 2.75. The summed E-state index contributed by atoms with van der Waals surface area (Å²) >= 11 is 3.52. The van der Waals surface area contributed by atoms with Gasteiger partial charge in [0.2, 0.25) is 0 Å². The van der Waals surface area contributed by atoms with Gasteiger partial charge in [0.25, 0.3) is 0 Å². The quantitative estimate of drug-likeness (QED) is 0.519. The Balaban J connectivity index is 1.90. The van der Waals surface area contributed by atoms with Gasteiger partial charge in [-0.3, -0.25) is 0 Å². The van der Waals surface area contributed by atoms with E-state index in [9.17, 15) is 4.79 Å². The summed E-state index contributed by atoms with van der Waals surface area (Å²) in [5.41, 5.74) is 2.93. The standard InChI is InChI=1S/C20H18BrNO4/c1-3-24-20(23)17-11-19(26-22-17)15-10-16(21)13(2)9-18(15)25-12-14-7-5-4-6-8-14/h4-11H,3,12H2,1-2H3. The summed E-state index contributed by atoms with van der Waals surface area (Å²) in [6.45, 7) is 4.43. The first-order valence-electron chi connectivity index (χ1n) is 8.19. The van der Waals surface area contributed by atoms with E-state index >= 15 is 0 Å². The van der Waals surface area contributed by atoms with Gasteiger partial charge in [-0.05, 0) is 37.1 Å². The Kier molecular flexibility index (Phi) is 5.73. The third kappa shape index (κ3) is 4.14. The van der Waals surface area contributed by atoms with Crippen LogP contribution in [0.2, 0.25) is 0 Å². The van der Waals surface area contributed by atoms with Crippen LogP contribution in [0.1, 0.15) is 28.5 Å². The number of benzene rings is 2. The molecule has 0 saturated heterocycles. The van der Waals surface area contributed by atoms with Crippen molar-refractivity contribution in [2.24, 2.45) is 0 Å². The zero-order valence-corrected chi connectivity index (χ0v) is 16.1. The molecule has 0 unspecified atom stereocenters. The fourth-order valence-electron chi connectivity index (χ4n) is 2.41. The lowest BCUT2D eigenvalue weighted by molar-refractivity contribution is 0.0514. The van der Waals surface area contributed by atoms with E-state index < -0.39 is 5.97 Å². The largest absolute Gasteiger partial charge is 0.488 e. The molecule has 0 aliphatic carbocycles. The van der Waals surface area contributed by atoms with Gasteiger partial charge in [0.05, 0.1) is 12.2 Å². The van der Waals surface area contributed by atoms with Gasteiger partial charge in [0, 0.05) is 10.5 Å². The maximum Gasteiger partial charge on any atom is 0.360 e. The molecule has 0 saturated carbocycles. The minimum atomic E-state index is -0.513. The summed E-state index contributed by atoms with van der Waals surface area (Å²) in [5.74, 6) is 0.582. The van der Waals surface area contributed by atoms with Gasteiger partial charge >= 0.3 is 5.97 Å². The highest BCUT2D eigenvalue weighted by Gasteiger charge is 2.18. The smallest absolute Gasteiger partial charge is 0.360 e. The Bertz CT molecular complexity index is 905. The van der Waals surface area contributed by atoms with Crippen LogP contribution < -0.4 is 4.74 Å². The van der Waals surface area contributed by atoms with Crippen LogP contribution in [0.4, 0.5) is 0 Å². The zero-order chi connectivity index (χ0) is 18.5. The maximum atomic E-state index is 11.8. The molecule has 5 nitrogen and oxygen atoms in total. The Labute approximate surface area is 160 Å². The monoisotopic (exact) mass is 415 g/mol. The first-order valence-corrected chi connectivity index (χ1v) is 8.99. The van der Waals surface area contributed by atoms with Crippen molar-refractivity contribution in [2.45, 2.75) is 20.5 Å². The number of carbonyl (C=O) groups excluding carboxylic acids is 1. The van der Waals surface area contributed by atoms with Crippen LogP contribution in [0.5, 0.6) is 5.75 Å². The van der Waals surface area contributed by atoms with Gasteiger partial charge in [-0.2, -0.15) is 0 Å². The molecule has 0 aliphatic heterocycles. The van der Waals surface area contributed by atoms with Crippen LogP contribution in [0, 0.1) is 6.92 Å². The Hall–Kier alpha value is -2.60. The zero-order valence-electron chi connectivity index (χ0n) is 14.5. The molecular weight excluding hydrogens is 398 g/mol. The molecule has 0 aliphatic rings. The number of aromatic nitrogens is 1. The van der Waals surface area contributed by atoms with E-state index in [2.05, 4.69) is 21.1 Å². The minimum Gasteiger partial charge on any atom is -0.488 e. The number of halogens is 1. The molecule has 0 fully saturated rings. The molecule has 0 radical (unpaired) electrons. The van der Waals surface area contributed by atoms with Gasteiger partial charge in [0.15, 0.2) is 11.5 Å². The molecule has 3 aromatic rings. The number of carbonyl (C=O) groups is 1. The normalized spacial score (nSPS) is 10.6. The van der Waals surface area contributed by atoms with E-state index in [4.69, 9.17) is 14.0 Å². The van der Waals surface area contributed by atoms with Crippen LogP contribution in [-0.4, -0.2) is 17.7 Å². The molecule has 3 rings (SSSR count). The lowest BCUT2D eigenvalue weighted by Crippen LogP contribution is -2.04. The number of aryl methyl sites for hydroxylation is 1. The van der Waals surface area contributed by atoms with Crippen LogP contribution in [-0.2, 0) is 11.3 Å². The molecule has 0 spiro atoms. The van der Waals surface area contributed by atoms with Crippen molar-refractivity contribution < 1.29 is 18.8 Å². The molecular formula is C20H18BrNO4. The van der Waals surface area contributed by atoms with Gasteiger partial charge in [-0.25, -0.2) is 4.79 Å². The van der Waals surface area contributed by atoms with Crippen molar-refractivity contribution in [1.82, 2.24) is 5.16 Å². The first-order chi connectivity index (χ1) is 12.6. The van der Waals surface area contributed by atoms with Gasteiger partial charge < -0.3 is 14.0 Å². The summed E-state index contributed by atoms with van der Waals surface area (Å²) < 4.78 is 17.2. The Morgan fingerprint density at radius 3 is 2.69 bits per heavy atom. The van der Waals surface area contributed by atoms with E-state index in [-0.39, 0.29) is 12.3 Å². The van der Waals surface area contributed by atoms with E-state index in [1.54, 1.807) is 13.0 Å². The van der Waals surface area contributed by atoms with Gasteiger partial charge in [-0.15, -0.1) is 0 Å². The van der Waals surface area contributed by atoms with Crippen molar-refractivity contribution in [3.63, 3.8) is 0 Å².